The highest BCUT2D eigenvalue weighted by atomic mass is 32.1. The van der Waals surface area contributed by atoms with Crippen molar-refractivity contribution in [2.75, 3.05) is 26.8 Å². The van der Waals surface area contributed by atoms with Gasteiger partial charge < -0.3 is 14.4 Å². The van der Waals surface area contributed by atoms with Crippen molar-refractivity contribution < 1.29 is 14.3 Å². The van der Waals surface area contributed by atoms with Crippen LogP contribution in [0, 0.1) is 5.92 Å². The van der Waals surface area contributed by atoms with E-state index in [0.29, 0.717) is 36.9 Å². The molecule has 1 N–H and O–H groups in total. The van der Waals surface area contributed by atoms with Gasteiger partial charge in [-0.2, -0.15) is 5.10 Å². The maximum absolute atomic E-state index is 12.5. The third kappa shape index (κ3) is 4.40. The summed E-state index contributed by atoms with van der Waals surface area (Å²) in [4.78, 5) is 26.5. The molecular formula is C21H24N4O4S. The van der Waals surface area contributed by atoms with Crippen LogP contribution in [0.25, 0.3) is 5.00 Å². The molecule has 0 spiro atoms. The van der Waals surface area contributed by atoms with E-state index in [4.69, 9.17) is 9.47 Å². The van der Waals surface area contributed by atoms with Crippen LogP contribution in [0.1, 0.15) is 18.7 Å². The maximum Gasteiger partial charge on any atom is 0.348 e. The maximum atomic E-state index is 12.5. The molecule has 1 amide bonds. The Kier molecular flexibility index (Phi) is 6.18. The van der Waals surface area contributed by atoms with Crippen LogP contribution in [-0.4, -0.2) is 52.4 Å². The first kappa shape index (κ1) is 20.2. The monoisotopic (exact) mass is 428 g/mol. The third-order valence-corrected chi connectivity index (χ3v) is 6.18. The summed E-state index contributed by atoms with van der Waals surface area (Å²) in [7, 11) is 1.58. The summed E-state index contributed by atoms with van der Waals surface area (Å²) in [6, 6.07) is 11.1. The summed E-state index contributed by atoms with van der Waals surface area (Å²) in [5.74, 6) is 2.26. The number of thiophene rings is 1. The molecule has 1 saturated heterocycles. The molecule has 0 aliphatic carbocycles. The molecule has 0 radical (unpaired) electrons. The quantitative estimate of drug-likeness (QED) is 0.625. The van der Waals surface area contributed by atoms with Gasteiger partial charge in [0.2, 0.25) is 0 Å². The fraction of sp³-hybridized carbons (Fsp3) is 0.381. The third-order valence-electron chi connectivity index (χ3n) is 5.33. The molecule has 1 aliphatic heterocycles. The molecule has 1 aromatic carbocycles. The summed E-state index contributed by atoms with van der Waals surface area (Å²) in [6.45, 7) is 1.33. The number of amides is 1. The van der Waals surface area contributed by atoms with Gasteiger partial charge in [-0.1, -0.05) is 12.1 Å². The Morgan fingerprint density at radius 3 is 2.67 bits per heavy atom. The number of carbonyl (C=O) groups excluding carboxylic acids is 1. The number of methoxy groups -OCH3 is 1. The van der Waals surface area contributed by atoms with E-state index in [1.54, 1.807) is 23.8 Å². The zero-order valence-electron chi connectivity index (χ0n) is 16.7. The Morgan fingerprint density at radius 2 is 1.97 bits per heavy atom. The van der Waals surface area contributed by atoms with Gasteiger partial charge in [0, 0.05) is 19.5 Å². The number of hydrogen-bond acceptors (Lipinski definition) is 6. The second-order valence-electron chi connectivity index (χ2n) is 7.20. The molecule has 0 unspecified atom stereocenters. The van der Waals surface area contributed by atoms with E-state index in [-0.39, 0.29) is 18.2 Å². The topological polar surface area (TPSA) is 89.5 Å². The van der Waals surface area contributed by atoms with Gasteiger partial charge in [0.15, 0.2) is 18.1 Å². The number of rotatable bonds is 7. The molecule has 30 heavy (non-hydrogen) atoms. The minimum absolute atomic E-state index is 0.0116. The zero-order chi connectivity index (χ0) is 20.9. The molecule has 0 bridgehead atoms. The molecule has 8 nitrogen and oxygen atoms in total. The van der Waals surface area contributed by atoms with Gasteiger partial charge in [0.25, 0.3) is 5.91 Å². The lowest BCUT2D eigenvalue weighted by atomic mass is 9.93. The van der Waals surface area contributed by atoms with E-state index in [1.165, 1.54) is 11.3 Å². The number of hydrogen-bond donors (Lipinski definition) is 1. The smallest absolute Gasteiger partial charge is 0.348 e. The first-order valence-corrected chi connectivity index (χ1v) is 10.8. The fourth-order valence-electron chi connectivity index (χ4n) is 3.70. The van der Waals surface area contributed by atoms with E-state index < -0.39 is 0 Å². The van der Waals surface area contributed by atoms with Gasteiger partial charge in [0.05, 0.1) is 7.11 Å². The highest BCUT2D eigenvalue weighted by molar-refractivity contribution is 7.12. The highest BCUT2D eigenvalue weighted by Gasteiger charge is 2.25. The van der Waals surface area contributed by atoms with Crippen molar-refractivity contribution in [3.05, 3.63) is 58.1 Å². The van der Waals surface area contributed by atoms with Crippen LogP contribution in [0.15, 0.2) is 46.6 Å². The van der Waals surface area contributed by atoms with E-state index >= 15 is 0 Å². The summed E-state index contributed by atoms with van der Waals surface area (Å²) < 4.78 is 12.6. The van der Waals surface area contributed by atoms with Crippen molar-refractivity contribution in [2.24, 2.45) is 5.92 Å². The summed E-state index contributed by atoms with van der Waals surface area (Å²) >= 11 is 1.51. The van der Waals surface area contributed by atoms with Crippen molar-refractivity contribution in [3.63, 3.8) is 0 Å². The second kappa shape index (κ2) is 9.17. The number of nitrogens with one attached hydrogen (secondary N) is 1. The van der Waals surface area contributed by atoms with Gasteiger partial charge in [-0.05, 0) is 48.4 Å². The van der Waals surface area contributed by atoms with E-state index in [9.17, 15) is 9.59 Å². The van der Waals surface area contributed by atoms with Gasteiger partial charge in [-0.3, -0.25) is 4.79 Å². The number of ether oxygens (including phenoxy) is 2. The normalized spacial score (nSPS) is 14.6. The summed E-state index contributed by atoms with van der Waals surface area (Å²) in [6.07, 6.45) is 2.44. The standard InChI is InChI=1S/C21H24N4O4S/c1-28-16-5-2-3-6-17(16)29-14-19(26)24-10-8-15(9-11-24)13-18-22-23-21(27)25(18)20-7-4-12-30-20/h2-7,12,15H,8-11,13-14H2,1H3,(H,23,27). The number of aromatic nitrogens is 3. The highest BCUT2D eigenvalue weighted by Crippen LogP contribution is 2.26. The molecule has 4 rings (SSSR count). The molecule has 3 heterocycles. The molecule has 3 aromatic rings. The molecule has 1 aliphatic rings. The Hall–Kier alpha value is -3.07. The van der Waals surface area contributed by atoms with Gasteiger partial charge in [0.1, 0.15) is 10.8 Å². The Labute approximate surface area is 178 Å². The number of piperidine rings is 1. The number of likely N-dealkylation sites (tertiary alicyclic amines) is 1. The van der Waals surface area contributed by atoms with Crippen LogP contribution in [0.5, 0.6) is 11.5 Å². The predicted molar refractivity (Wildman–Crippen MR) is 114 cm³/mol. The van der Waals surface area contributed by atoms with Crippen LogP contribution < -0.4 is 15.2 Å². The molecule has 0 saturated carbocycles. The summed E-state index contributed by atoms with van der Waals surface area (Å²) in [5, 5.41) is 9.58. The van der Waals surface area contributed by atoms with E-state index in [2.05, 4.69) is 10.2 Å². The zero-order valence-corrected chi connectivity index (χ0v) is 17.6. The first-order valence-electron chi connectivity index (χ1n) is 9.89. The number of benzene rings is 1. The molecule has 0 atom stereocenters. The summed E-state index contributed by atoms with van der Waals surface area (Å²) in [5.41, 5.74) is -0.214. The molecule has 9 heteroatoms. The number of aromatic amines is 1. The minimum Gasteiger partial charge on any atom is -0.493 e. The molecule has 1 fully saturated rings. The van der Waals surface area contributed by atoms with Crippen molar-refractivity contribution >= 4 is 17.2 Å². The van der Waals surface area contributed by atoms with Crippen LogP contribution in [0.3, 0.4) is 0 Å². The molecular weight excluding hydrogens is 404 g/mol. The average Bonchev–Trinajstić information content (AvgIpc) is 3.42. The molecule has 2 aromatic heterocycles. The predicted octanol–water partition coefficient (Wildman–Crippen LogP) is 2.49. The van der Waals surface area contributed by atoms with Crippen LogP contribution in [0.4, 0.5) is 0 Å². The number of carbonyl (C=O) groups is 1. The SMILES string of the molecule is COc1ccccc1OCC(=O)N1CCC(Cc2n[nH]c(=O)n2-c2cccs2)CC1. The Bertz CT molecular complexity index is 1040. The lowest BCUT2D eigenvalue weighted by Gasteiger charge is -2.31. The van der Waals surface area contributed by atoms with Crippen molar-refractivity contribution in [3.8, 4) is 16.5 Å². The largest absolute Gasteiger partial charge is 0.493 e. The first-order chi connectivity index (χ1) is 14.7. The number of H-pyrrole nitrogens is 1. The second-order valence-corrected chi connectivity index (χ2v) is 8.13. The van der Waals surface area contributed by atoms with E-state index in [1.807, 2.05) is 34.5 Å². The lowest BCUT2D eigenvalue weighted by Crippen LogP contribution is -2.41. The number of nitrogens with zero attached hydrogens (tertiary/aromatic N) is 3. The fourth-order valence-corrected chi connectivity index (χ4v) is 4.45. The average molecular weight is 429 g/mol. The Morgan fingerprint density at radius 1 is 1.20 bits per heavy atom. The van der Waals surface area contributed by atoms with Crippen LogP contribution >= 0.6 is 11.3 Å². The molecule has 158 valence electrons. The minimum atomic E-state index is -0.214. The van der Waals surface area contributed by atoms with Crippen molar-refractivity contribution in [2.45, 2.75) is 19.3 Å². The van der Waals surface area contributed by atoms with Gasteiger partial charge >= 0.3 is 5.69 Å². The van der Waals surface area contributed by atoms with Crippen LogP contribution in [-0.2, 0) is 11.2 Å². The van der Waals surface area contributed by atoms with Gasteiger partial charge in [-0.25, -0.2) is 14.5 Å². The van der Waals surface area contributed by atoms with Crippen molar-refractivity contribution in [1.82, 2.24) is 19.7 Å². The van der Waals surface area contributed by atoms with E-state index in [0.717, 1.165) is 23.7 Å². The number of para-hydroxylation sites is 2. The van der Waals surface area contributed by atoms with Gasteiger partial charge in [-0.15, -0.1) is 11.3 Å². The van der Waals surface area contributed by atoms with Crippen molar-refractivity contribution in [1.29, 1.82) is 0 Å². The lowest BCUT2D eigenvalue weighted by molar-refractivity contribution is -0.134. The van der Waals surface area contributed by atoms with Crippen LogP contribution in [0.2, 0.25) is 0 Å². The Balaban J connectivity index is 1.30.